The highest BCUT2D eigenvalue weighted by molar-refractivity contribution is 7.13. The maximum absolute atomic E-state index is 10.6. The first-order chi connectivity index (χ1) is 10.1. The van der Waals surface area contributed by atoms with E-state index in [1.807, 2.05) is 42.6 Å². The van der Waals surface area contributed by atoms with Crippen LogP contribution >= 0.6 is 11.3 Å². The summed E-state index contributed by atoms with van der Waals surface area (Å²) in [5.41, 5.74) is 3.79. The molecule has 3 aromatic rings. The van der Waals surface area contributed by atoms with Gasteiger partial charge in [-0.3, -0.25) is 9.78 Å². The van der Waals surface area contributed by atoms with E-state index in [4.69, 9.17) is 5.11 Å². The van der Waals surface area contributed by atoms with E-state index in [-0.39, 0.29) is 6.42 Å². The largest absolute Gasteiger partial charge is 0.481 e. The van der Waals surface area contributed by atoms with Gasteiger partial charge in [-0.05, 0) is 19.1 Å². The first kappa shape index (κ1) is 13.7. The zero-order valence-corrected chi connectivity index (χ0v) is 12.4. The van der Waals surface area contributed by atoms with Crippen LogP contribution in [0.3, 0.4) is 0 Å². The number of hydrogen-bond acceptors (Lipinski definition) is 4. The number of aromatic nitrogens is 2. The van der Waals surface area contributed by atoms with E-state index in [1.54, 1.807) is 11.3 Å². The Labute approximate surface area is 126 Å². The van der Waals surface area contributed by atoms with E-state index >= 15 is 0 Å². The van der Waals surface area contributed by atoms with Crippen LogP contribution in [0.5, 0.6) is 0 Å². The molecule has 0 bridgehead atoms. The van der Waals surface area contributed by atoms with E-state index in [1.165, 1.54) is 0 Å². The molecule has 0 fully saturated rings. The SMILES string of the molecule is Cc1cc(-c2nc(CCC(=O)O)cs2)c2ccccc2n1. The van der Waals surface area contributed by atoms with Crippen molar-refractivity contribution in [2.45, 2.75) is 19.8 Å². The summed E-state index contributed by atoms with van der Waals surface area (Å²) in [6, 6.07) is 10.0. The first-order valence-electron chi connectivity index (χ1n) is 6.66. The average Bonchev–Trinajstić information content (AvgIpc) is 2.93. The zero-order chi connectivity index (χ0) is 14.8. The van der Waals surface area contributed by atoms with Gasteiger partial charge in [-0.1, -0.05) is 18.2 Å². The van der Waals surface area contributed by atoms with Gasteiger partial charge in [0.2, 0.25) is 0 Å². The molecule has 106 valence electrons. The minimum absolute atomic E-state index is 0.110. The van der Waals surface area contributed by atoms with Crippen molar-refractivity contribution >= 4 is 28.2 Å². The Bertz CT molecular complexity index is 811. The molecular formula is C16H14N2O2S. The van der Waals surface area contributed by atoms with Gasteiger partial charge < -0.3 is 5.11 Å². The van der Waals surface area contributed by atoms with Gasteiger partial charge in [0.25, 0.3) is 0 Å². The van der Waals surface area contributed by atoms with Crippen molar-refractivity contribution in [2.75, 3.05) is 0 Å². The van der Waals surface area contributed by atoms with Crippen molar-refractivity contribution in [3.8, 4) is 10.6 Å². The topological polar surface area (TPSA) is 63.1 Å². The third kappa shape index (κ3) is 2.92. The van der Waals surface area contributed by atoms with Crippen molar-refractivity contribution in [2.24, 2.45) is 0 Å². The molecule has 0 aliphatic carbocycles. The Morgan fingerprint density at radius 3 is 2.90 bits per heavy atom. The number of hydrogen-bond donors (Lipinski definition) is 1. The monoisotopic (exact) mass is 298 g/mol. The van der Waals surface area contributed by atoms with Crippen LogP contribution in [0.15, 0.2) is 35.7 Å². The summed E-state index contributed by atoms with van der Waals surface area (Å²) in [5.74, 6) is -0.797. The number of rotatable bonds is 4. The van der Waals surface area contributed by atoms with E-state index in [9.17, 15) is 4.79 Å². The van der Waals surface area contributed by atoms with Gasteiger partial charge in [0.05, 0.1) is 17.6 Å². The van der Waals surface area contributed by atoms with E-state index in [0.717, 1.165) is 32.9 Å². The number of carboxylic acids is 1. The summed E-state index contributed by atoms with van der Waals surface area (Å²) >= 11 is 1.55. The van der Waals surface area contributed by atoms with Gasteiger partial charge >= 0.3 is 5.97 Å². The lowest BCUT2D eigenvalue weighted by Crippen LogP contribution is -1.97. The lowest BCUT2D eigenvalue weighted by atomic mass is 10.1. The molecule has 0 unspecified atom stereocenters. The molecule has 21 heavy (non-hydrogen) atoms. The van der Waals surface area contributed by atoms with E-state index in [0.29, 0.717) is 6.42 Å². The molecule has 0 amide bonds. The van der Waals surface area contributed by atoms with Crippen molar-refractivity contribution in [3.63, 3.8) is 0 Å². The van der Waals surface area contributed by atoms with Crippen LogP contribution < -0.4 is 0 Å². The van der Waals surface area contributed by atoms with Crippen molar-refractivity contribution in [1.29, 1.82) is 0 Å². The van der Waals surface area contributed by atoms with Crippen molar-refractivity contribution in [3.05, 3.63) is 47.1 Å². The van der Waals surface area contributed by atoms with Gasteiger partial charge in [0.15, 0.2) is 0 Å². The van der Waals surface area contributed by atoms with E-state index in [2.05, 4.69) is 9.97 Å². The lowest BCUT2D eigenvalue weighted by Gasteiger charge is -2.05. The van der Waals surface area contributed by atoms with Gasteiger partial charge in [-0.15, -0.1) is 11.3 Å². The van der Waals surface area contributed by atoms with E-state index < -0.39 is 5.97 Å². The second-order valence-corrected chi connectivity index (χ2v) is 5.72. The number of aryl methyl sites for hydroxylation is 2. The predicted octanol–water partition coefficient (Wildman–Crippen LogP) is 3.68. The van der Waals surface area contributed by atoms with Gasteiger partial charge in [-0.25, -0.2) is 4.98 Å². The predicted molar refractivity (Wildman–Crippen MR) is 83.5 cm³/mol. The summed E-state index contributed by atoms with van der Waals surface area (Å²) in [4.78, 5) is 19.7. The molecule has 1 aromatic carbocycles. The molecule has 0 atom stereocenters. The highest BCUT2D eigenvalue weighted by atomic mass is 32.1. The molecule has 3 rings (SSSR count). The number of thiazole rings is 1. The van der Waals surface area contributed by atoms with Crippen molar-refractivity contribution < 1.29 is 9.90 Å². The second-order valence-electron chi connectivity index (χ2n) is 4.87. The first-order valence-corrected chi connectivity index (χ1v) is 7.54. The standard InChI is InChI=1S/C16H14N2O2S/c1-10-8-13(12-4-2-3-5-14(12)17-10)16-18-11(9-21-16)6-7-15(19)20/h2-5,8-9H,6-7H2,1H3,(H,19,20). The molecule has 0 spiro atoms. The Balaban J connectivity index is 2.02. The normalized spacial score (nSPS) is 10.9. The van der Waals surface area contributed by atoms with Crippen LogP contribution in [0.2, 0.25) is 0 Å². The van der Waals surface area contributed by atoms with Crippen LogP contribution in [-0.2, 0) is 11.2 Å². The number of aliphatic carboxylic acids is 1. The molecule has 2 aromatic heterocycles. The number of carboxylic acid groups (broad SMARTS) is 1. The fraction of sp³-hybridized carbons (Fsp3) is 0.188. The molecule has 5 heteroatoms. The highest BCUT2D eigenvalue weighted by Gasteiger charge is 2.11. The Kier molecular flexibility index (Phi) is 3.66. The van der Waals surface area contributed by atoms with Crippen LogP contribution in [0, 0.1) is 6.92 Å². The highest BCUT2D eigenvalue weighted by Crippen LogP contribution is 2.31. The quantitative estimate of drug-likeness (QED) is 0.798. The maximum Gasteiger partial charge on any atom is 0.303 e. The molecule has 0 saturated heterocycles. The number of carbonyl (C=O) groups is 1. The fourth-order valence-electron chi connectivity index (χ4n) is 2.27. The minimum Gasteiger partial charge on any atom is -0.481 e. The minimum atomic E-state index is -0.797. The Hall–Kier alpha value is -2.27. The number of pyridine rings is 1. The maximum atomic E-state index is 10.6. The third-order valence-corrected chi connectivity index (χ3v) is 4.15. The summed E-state index contributed by atoms with van der Waals surface area (Å²) in [5, 5.41) is 12.7. The molecule has 1 N–H and O–H groups in total. The number of para-hydroxylation sites is 1. The molecule has 0 aliphatic heterocycles. The third-order valence-electron chi connectivity index (χ3n) is 3.22. The lowest BCUT2D eigenvalue weighted by molar-refractivity contribution is -0.136. The Morgan fingerprint density at radius 1 is 1.29 bits per heavy atom. The summed E-state index contributed by atoms with van der Waals surface area (Å²) in [7, 11) is 0. The molecular weight excluding hydrogens is 284 g/mol. The second kappa shape index (κ2) is 5.61. The molecule has 2 heterocycles. The molecule has 0 radical (unpaired) electrons. The average molecular weight is 298 g/mol. The summed E-state index contributed by atoms with van der Waals surface area (Å²) in [6.07, 6.45) is 0.577. The van der Waals surface area contributed by atoms with Crippen LogP contribution in [0.1, 0.15) is 17.8 Å². The molecule has 0 aliphatic rings. The summed E-state index contributed by atoms with van der Waals surface area (Å²) < 4.78 is 0. The van der Waals surface area contributed by atoms with Crippen LogP contribution in [0.25, 0.3) is 21.5 Å². The Morgan fingerprint density at radius 2 is 2.10 bits per heavy atom. The smallest absolute Gasteiger partial charge is 0.303 e. The van der Waals surface area contributed by atoms with Gasteiger partial charge in [-0.2, -0.15) is 0 Å². The molecule has 4 nitrogen and oxygen atoms in total. The summed E-state index contributed by atoms with van der Waals surface area (Å²) in [6.45, 7) is 1.97. The van der Waals surface area contributed by atoms with Gasteiger partial charge in [0.1, 0.15) is 5.01 Å². The number of benzene rings is 1. The van der Waals surface area contributed by atoms with Gasteiger partial charge in [0, 0.05) is 28.4 Å². The zero-order valence-electron chi connectivity index (χ0n) is 11.5. The van der Waals surface area contributed by atoms with Crippen LogP contribution in [-0.4, -0.2) is 21.0 Å². The van der Waals surface area contributed by atoms with Crippen LogP contribution in [0.4, 0.5) is 0 Å². The van der Waals surface area contributed by atoms with Crippen molar-refractivity contribution in [1.82, 2.24) is 9.97 Å². The number of fused-ring (bicyclic) bond motifs is 1. The fourth-order valence-corrected chi connectivity index (χ4v) is 3.15. The molecule has 0 saturated carbocycles. The number of nitrogens with zero attached hydrogens (tertiary/aromatic N) is 2.